The Morgan fingerprint density at radius 1 is 1.14 bits per heavy atom. The minimum Gasteiger partial charge on any atom is -0.496 e. The molecule has 29 heavy (non-hydrogen) atoms. The van der Waals surface area contributed by atoms with Gasteiger partial charge in [-0.15, -0.1) is 0 Å². The molecule has 0 N–H and O–H groups in total. The summed E-state index contributed by atoms with van der Waals surface area (Å²) >= 11 is 0. The van der Waals surface area contributed by atoms with E-state index in [1.165, 1.54) is 14.0 Å². The quantitative estimate of drug-likeness (QED) is 0.507. The van der Waals surface area contributed by atoms with Crippen LogP contribution in [-0.2, 0) is 27.4 Å². The molecule has 0 aliphatic carbocycles. The lowest BCUT2D eigenvalue weighted by Crippen LogP contribution is -2.28. The Kier molecular flexibility index (Phi) is 6.65. The Bertz CT molecular complexity index is 893. The topological polar surface area (TPSA) is 72.9 Å². The van der Waals surface area contributed by atoms with Gasteiger partial charge in [-0.05, 0) is 37.1 Å². The van der Waals surface area contributed by atoms with E-state index in [-0.39, 0.29) is 24.7 Å². The maximum Gasteiger partial charge on any atom is 0.311 e. The van der Waals surface area contributed by atoms with Gasteiger partial charge in [-0.1, -0.05) is 30.3 Å². The van der Waals surface area contributed by atoms with E-state index in [0.717, 1.165) is 12.0 Å². The number of nitrogens with zero attached hydrogens (tertiary/aromatic N) is 1. The third-order valence-corrected chi connectivity index (χ3v) is 5.12. The Morgan fingerprint density at radius 3 is 2.59 bits per heavy atom. The van der Waals surface area contributed by atoms with Crippen LogP contribution in [0, 0.1) is 5.92 Å². The lowest BCUT2D eigenvalue weighted by Gasteiger charge is -2.16. The van der Waals surface area contributed by atoms with E-state index in [2.05, 4.69) is 0 Å². The van der Waals surface area contributed by atoms with E-state index in [4.69, 9.17) is 9.47 Å². The van der Waals surface area contributed by atoms with E-state index in [0.29, 0.717) is 30.0 Å². The van der Waals surface area contributed by atoms with E-state index in [1.807, 2.05) is 30.3 Å². The number of ether oxygens (including phenoxy) is 2. The summed E-state index contributed by atoms with van der Waals surface area (Å²) in [5, 5.41) is 0. The first-order valence-electron chi connectivity index (χ1n) is 9.64. The zero-order valence-electron chi connectivity index (χ0n) is 16.7. The predicted molar refractivity (Wildman–Crippen MR) is 108 cm³/mol. The van der Waals surface area contributed by atoms with Crippen molar-refractivity contribution in [2.75, 3.05) is 20.2 Å². The molecule has 0 bridgehead atoms. The fourth-order valence-electron chi connectivity index (χ4n) is 3.43. The molecule has 1 saturated heterocycles. The highest BCUT2D eigenvalue weighted by molar-refractivity contribution is 5.94. The van der Waals surface area contributed by atoms with Crippen LogP contribution in [-0.4, -0.2) is 42.8 Å². The number of Topliss-reactive ketones (excluding diaryl/α,β-unsaturated/α-hetero) is 1. The second kappa shape index (κ2) is 9.37. The van der Waals surface area contributed by atoms with Gasteiger partial charge in [0.15, 0.2) is 5.78 Å². The highest BCUT2D eigenvalue weighted by Crippen LogP contribution is 2.24. The van der Waals surface area contributed by atoms with Gasteiger partial charge in [0.25, 0.3) is 0 Å². The van der Waals surface area contributed by atoms with Crippen LogP contribution in [0.3, 0.4) is 0 Å². The van der Waals surface area contributed by atoms with Gasteiger partial charge in [-0.2, -0.15) is 0 Å². The first-order valence-corrected chi connectivity index (χ1v) is 9.64. The van der Waals surface area contributed by atoms with Crippen LogP contribution in [0.4, 0.5) is 0 Å². The molecule has 152 valence electrons. The lowest BCUT2D eigenvalue weighted by atomic mass is 10.1. The number of hydrogen-bond acceptors (Lipinski definition) is 5. The number of hydrogen-bond donors (Lipinski definition) is 0. The summed E-state index contributed by atoms with van der Waals surface area (Å²) in [4.78, 5) is 38.1. The minimum absolute atomic E-state index is 0.00215. The second-order valence-electron chi connectivity index (χ2n) is 7.17. The van der Waals surface area contributed by atoms with Crippen molar-refractivity contribution in [1.82, 2.24) is 4.90 Å². The molecule has 0 unspecified atom stereocenters. The first kappa shape index (κ1) is 20.6. The third-order valence-electron chi connectivity index (χ3n) is 5.12. The van der Waals surface area contributed by atoms with Crippen molar-refractivity contribution < 1.29 is 23.9 Å². The molecule has 1 fully saturated rings. The van der Waals surface area contributed by atoms with E-state index < -0.39 is 11.9 Å². The average molecular weight is 395 g/mol. The number of methoxy groups -OCH3 is 1. The van der Waals surface area contributed by atoms with Crippen LogP contribution in [0.2, 0.25) is 0 Å². The Labute approximate surface area is 170 Å². The van der Waals surface area contributed by atoms with Crippen LogP contribution >= 0.6 is 0 Å². The molecule has 1 aliphatic rings. The van der Waals surface area contributed by atoms with Crippen molar-refractivity contribution in [3.8, 4) is 5.75 Å². The van der Waals surface area contributed by atoms with Gasteiger partial charge in [0.05, 0.1) is 13.0 Å². The van der Waals surface area contributed by atoms with Crippen LogP contribution in [0.25, 0.3) is 0 Å². The van der Waals surface area contributed by atoms with Gasteiger partial charge in [0, 0.05) is 30.6 Å². The summed E-state index contributed by atoms with van der Waals surface area (Å²) in [6, 6.07) is 15.0. The summed E-state index contributed by atoms with van der Waals surface area (Å²) in [6.07, 6.45) is 0.918. The van der Waals surface area contributed by atoms with E-state index in [9.17, 15) is 14.4 Å². The molecule has 2 aromatic carbocycles. The molecular weight excluding hydrogens is 370 g/mol. The average Bonchev–Trinajstić information content (AvgIpc) is 3.11. The molecule has 0 aromatic heterocycles. The van der Waals surface area contributed by atoms with Crippen molar-refractivity contribution in [3.05, 3.63) is 65.2 Å². The molecule has 0 spiro atoms. The number of carbonyl (C=O) groups excluding carboxylic acids is 3. The molecule has 1 amide bonds. The predicted octanol–water partition coefficient (Wildman–Crippen LogP) is 3.03. The van der Waals surface area contributed by atoms with Crippen LogP contribution in [0.5, 0.6) is 5.75 Å². The number of ketones is 1. The maximum absolute atomic E-state index is 12.5. The molecule has 6 heteroatoms. The lowest BCUT2D eigenvalue weighted by molar-refractivity contribution is -0.149. The first-order chi connectivity index (χ1) is 14.0. The standard InChI is InChI=1S/C23H25NO5/c1-16(25)18-8-9-21(28-2)20(12-18)15-29-23(27)19-13-22(26)24(14-19)11-10-17-6-4-3-5-7-17/h3-9,12,19H,10-11,13-15H2,1-2H3/t19-/m0/s1. The number of esters is 1. The molecule has 0 saturated carbocycles. The zero-order valence-corrected chi connectivity index (χ0v) is 16.7. The number of rotatable bonds is 8. The molecular formula is C23H25NO5. The smallest absolute Gasteiger partial charge is 0.311 e. The van der Waals surface area contributed by atoms with Crippen LogP contribution in [0.1, 0.15) is 34.8 Å². The van der Waals surface area contributed by atoms with Crippen molar-refractivity contribution in [2.24, 2.45) is 5.92 Å². The monoisotopic (exact) mass is 395 g/mol. The Morgan fingerprint density at radius 2 is 1.90 bits per heavy atom. The highest BCUT2D eigenvalue weighted by Gasteiger charge is 2.35. The van der Waals surface area contributed by atoms with Crippen LogP contribution in [0.15, 0.2) is 48.5 Å². The SMILES string of the molecule is COc1ccc(C(C)=O)cc1COC(=O)[C@H]1CC(=O)N(CCc2ccccc2)C1. The number of amides is 1. The second-order valence-corrected chi connectivity index (χ2v) is 7.17. The Hall–Kier alpha value is -3.15. The molecule has 2 aromatic rings. The molecule has 1 aliphatic heterocycles. The number of likely N-dealkylation sites (tertiary alicyclic amines) is 1. The summed E-state index contributed by atoms with van der Waals surface area (Å²) in [6.45, 7) is 2.43. The zero-order chi connectivity index (χ0) is 20.8. The fourth-order valence-corrected chi connectivity index (χ4v) is 3.43. The minimum atomic E-state index is -0.472. The van der Waals surface area contributed by atoms with Crippen molar-refractivity contribution in [3.63, 3.8) is 0 Å². The largest absolute Gasteiger partial charge is 0.496 e. The van der Waals surface area contributed by atoms with Crippen LogP contribution < -0.4 is 4.74 Å². The molecule has 1 atom stereocenters. The van der Waals surface area contributed by atoms with E-state index in [1.54, 1.807) is 23.1 Å². The van der Waals surface area contributed by atoms with Crippen molar-refractivity contribution in [1.29, 1.82) is 0 Å². The van der Waals surface area contributed by atoms with Gasteiger partial charge in [-0.3, -0.25) is 14.4 Å². The maximum atomic E-state index is 12.5. The fraction of sp³-hybridized carbons (Fsp3) is 0.348. The summed E-state index contributed by atoms with van der Waals surface area (Å²) in [5.74, 6) is -0.430. The molecule has 6 nitrogen and oxygen atoms in total. The van der Waals surface area contributed by atoms with Gasteiger partial charge < -0.3 is 14.4 Å². The third kappa shape index (κ3) is 5.22. The molecule has 3 rings (SSSR count). The summed E-state index contributed by atoms with van der Waals surface area (Å²) < 4.78 is 10.7. The molecule has 0 radical (unpaired) electrons. The van der Waals surface area contributed by atoms with Crippen molar-refractivity contribution >= 4 is 17.7 Å². The van der Waals surface area contributed by atoms with E-state index >= 15 is 0 Å². The highest BCUT2D eigenvalue weighted by atomic mass is 16.5. The van der Waals surface area contributed by atoms with Crippen molar-refractivity contribution in [2.45, 2.75) is 26.4 Å². The van der Waals surface area contributed by atoms with Gasteiger partial charge in [-0.25, -0.2) is 0 Å². The Balaban J connectivity index is 1.55. The molecule has 1 heterocycles. The summed E-state index contributed by atoms with van der Waals surface area (Å²) in [5.41, 5.74) is 2.31. The summed E-state index contributed by atoms with van der Waals surface area (Å²) in [7, 11) is 1.52. The van der Waals surface area contributed by atoms with Gasteiger partial charge in [0.2, 0.25) is 5.91 Å². The normalized spacial score (nSPS) is 16.0. The van der Waals surface area contributed by atoms with Gasteiger partial charge in [0.1, 0.15) is 12.4 Å². The number of carbonyl (C=O) groups is 3. The van der Waals surface area contributed by atoms with Gasteiger partial charge >= 0.3 is 5.97 Å². The number of benzene rings is 2.